The summed E-state index contributed by atoms with van der Waals surface area (Å²) in [5, 5.41) is 2.86. The van der Waals surface area contributed by atoms with Crippen molar-refractivity contribution in [1.29, 1.82) is 0 Å². The fourth-order valence-corrected chi connectivity index (χ4v) is 4.03. The van der Waals surface area contributed by atoms with Gasteiger partial charge in [0.15, 0.2) is 0 Å². The molecule has 1 saturated carbocycles. The molecule has 0 aromatic heterocycles. The number of carbonyl (C=O) groups excluding carboxylic acids is 3. The first-order valence-corrected chi connectivity index (χ1v) is 8.88. The van der Waals surface area contributed by atoms with Crippen molar-refractivity contribution in [3.63, 3.8) is 0 Å². The zero-order valence-corrected chi connectivity index (χ0v) is 14.7. The molecule has 4 amide bonds. The van der Waals surface area contributed by atoms with E-state index in [0.717, 1.165) is 17.7 Å². The normalized spacial score (nSPS) is 37.0. The molecule has 0 aromatic carbocycles. The van der Waals surface area contributed by atoms with E-state index in [0.29, 0.717) is 31.8 Å². The molecule has 134 valence electrons. The van der Waals surface area contributed by atoms with Crippen LogP contribution in [-0.4, -0.2) is 65.0 Å². The molecule has 1 aliphatic carbocycles. The molecule has 2 atom stereocenters. The summed E-state index contributed by atoms with van der Waals surface area (Å²) in [5.74, 6) is 0.149. The van der Waals surface area contributed by atoms with Crippen LogP contribution in [0.1, 0.15) is 46.5 Å². The number of amides is 4. The zero-order valence-electron chi connectivity index (χ0n) is 14.7. The second-order valence-electron chi connectivity index (χ2n) is 7.64. The average Bonchev–Trinajstić information content (AvgIpc) is 2.74. The third kappa shape index (κ3) is 3.14. The highest BCUT2D eigenvalue weighted by atomic mass is 16.5. The van der Waals surface area contributed by atoms with Gasteiger partial charge in [0.1, 0.15) is 12.1 Å². The summed E-state index contributed by atoms with van der Waals surface area (Å²) in [5.41, 5.74) is -0.782. The fraction of sp³-hybridized carbons (Fsp3) is 0.824. The highest BCUT2D eigenvalue weighted by Gasteiger charge is 2.52. The van der Waals surface area contributed by atoms with E-state index in [1.807, 2.05) is 13.8 Å². The summed E-state index contributed by atoms with van der Waals surface area (Å²) >= 11 is 0. The Labute approximate surface area is 142 Å². The topological polar surface area (TPSA) is 79.0 Å². The molecule has 0 bridgehead atoms. The Kier molecular flexibility index (Phi) is 4.55. The predicted octanol–water partition coefficient (Wildman–Crippen LogP) is 1.12. The van der Waals surface area contributed by atoms with Crippen LogP contribution in [0.15, 0.2) is 0 Å². The van der Waals surface area contributed by atoms with E-state index in [2.05, 4.69) is 12.2 Å². The molecular formula is C17H27N3O4. The lowest BCUT2D eigenvalue weighted by Gasteiger charge is -2.36. The van der Waals surface area contributed by atoms with Gasteiger partial charge >= 0.3 is 6.03 Å². The maximum Gasteiger partial charge on any atom is 0.325 e. The number of nitrogens with zero attached hydrogens (tertiary/aromatic N) is 2. The van der Waals surface area contributed by atoms with Crippen LogP contribution in [0.4, 0.5) is 4.79 Å². The number of urea groups is 1. The van der Waals surface area contributed by atoms with Crippen molar-refractivity contribution < 1.29 is 19.1 Å². The van der Waals surface area contributed by atoms with E-state index in [9.17, 15) is 14.4 Å². The largest absolute Gasteiger partial charge is 0.372 e. The number of imide groups is 1. The van der Waals surface area contributed by atoms with Crippen molar-refractivity contribution >= 4 is 17.8 Å². The summed E-state index contributed by atoms with van der Waals surface area (Å²) in [7, 11) is 0. The summed E-state index contributed by atoms with van der Waals surface area (Å²) in [4.78, 5) is 40.4. The Morgan fingerprint density at radius 2 is 1.75 bits per heavy atom. The summed E-state index contributed by atoms with van der Waals surface area (Å²) in [6.07, 6.45) is 3.10. The number of ether oxygens (including phenoxy) is 1. The van der Waals surface area contributed by atoms with Crippen LogP contribution in [0.3, 0.4) is 0 Å². The molecule has 7 heteroatoms. The zero-order chi connectivity index (χ0) is 17.5. The molecule has 1 spiro atoms. The van der Waals surface area contributed by atoms with Gasteiger partial charge in [-0.15, -0.1) is 0 Å². The molecule has 3 aliphatic rings. The number of nitrogens with one attached hydrogen (secondary N) is 1. The number of hydrogen-bond donors (Lipinski definition) is 1. The number of rotatable bonds is 2. The van der Waals surface area contributed by atoms with Crippen LogP contribution in [0.5, 0.6) is 0 Å². The number of hydrogen-bond acceptors (Lipinski definition) is 4. The van der Waals surface area contributed by atoms with Crippen LogP contribution in [-0.2, 0) is 14.3 Å². The molecule has 2 heterocycles. The van der Waals surface area contributed by atoms with Gasteiger partial charge in [-0.2, -0.15) is 0 Å². The maximum absolute atomic E-state index is 12.8. The monoisotopic (exact) mass is 337 g/mol. The van der Waals surface area contributed by atoms with E-state index in [1.54, 1.807) is 4.90 Å². The van der Waals surface area contributed by atoms with Gasteiger partial charge in [-0.05, 0) is 45.4 Å². The van der Waals surface area contributed by atoms with E-state index < -0.39 is 11.6 Å². The van der Waals surface area contributed by atoms with Crippen molar-refractivity contribution in [3.05, 3.63) is 0 Å². The van der Waals surface area contributed by atoms with Gasteiger partial charge in [0.25, 0.3) is 5.91 Å². The third-order valence-corrected chi connectivity index (χ3v) is 5.44. The standard InChI is InChI=1S/C17H27N3O4/c1-11-4-6-17(7-5-11)15(22)20(16(23)18-17)10-14(21)19-8-12(2)24-13(3)9-19/h11-13H,4-10H2,1-3H3,(H,18,23)/t11?,12-,13-,17?/m0/s1. The molecule has 0 unspecified atom stereocenters. The van der Waals surface area contributed by atoms with E-state index in [1.165, 1.54) is 0 Å². The van der Waals surface area contributed by atoms with Crippen molar-refractivity contribution in [1.82, 2.24) is 15.1 Å². The van der Waals surface area contributed by atoms with Gasteiger partial charge in [0.2, 0.25) is 5.91 Å². The van der Waals surface area contributed by atoms with E-state index in [-0.39, 0.29) is 30.6 Å². The molecule has 2 saturated heterocycles. The average molecular weight is 337 g/mol. The first kappa shape index (κ1) is 17.2. The Morgan fingerprint density at radius 1 is 1.17 bits per heavy atom. The van der Waals surface area contributed by atoms with Crippen molar-refractivity contribution in [2.45, 2.75) is 64.2 Å². The van der Waals surface area contributed by atoms with Crippen LogP contribution in [0.25, 0.3) is 0 Å². The van der Waals surface area contributed by atoms with Gasteiger partial charge in [-0.25, -0.2) is 4.79 Å². The first-order valence-electron chi connectivity index (χ1n) is 8.88. The molecule has 24 heavy (non-hydrogen) atoms. The summed E-state index contributed by atoms with van der Waals surface area (Å²) in [6.45, 7) is 6.81. The molecule has 0 radical (unpaired) electrons. The second kappa shape index (κ2) is 6.35. The lowest BCUT2D eigenvalue weighted by molar-refractivity contribution is -0.147. The number of morpholine rings is 1. The summed E-state index contributed by atoms with van der Waals surface area (Å²) in [6, 6.07) is -0.433. The SMILES string of the molecule is CC1CCC2(CC1)NC(=O)N(CC(=O)N1C[C@H](C)O[C@@H](C)C1)C2=O. The predicted molar refractivity (Wildman–Crippen MR) is 87.2 cm³/mol. The quantitative estimate of drug-likeness (QED) is 0.766. The molecule has 2 aliphatic heterocycles. The minimum atomic E-state index is -0.782. The third-order valence-electron chi connectivity index (χ3n) is 5.44. The van der Waals surface area contributed by atoms with Crippen molar-refractivity contribution in [2.75, 3.05) is 19.6 Å². The second-order valence-corrected chi connectivity index (χ2v) is 7.64. The van der Waals surface area contributed by atoms with Gasteiger partial charge in [0, 0.05) is 13.1 Å². The van der Waals surface area contributed by atoms with Crippen molar-refractivity contribution in [3.8, 4) is 0 Å². The van der Waals surface area contributed by atoms with Gasteiger partial charge in [-0.3, -0.25) is 14.5 Å². The van der Waals surface area contributed by atoms with Gasteiger partial charge in [-0.1, -0.05) is 6.92 Å². The van der Waals surface area contributed by atoms with E-state index in [4.69, 9.17) is 4.74 Å². The van der Waals surface area contributed by atoms with E-state index >= 15 is 0 Å². The maximum atomic E-state index is 12.8. The van der Waals surface area contributed by atoms with Gasteiger partial charge in [0.05, 0.1) is 12.2 Å². The molecule has 3 rings (SSSR count). The highest BCUT2D eigenvalue weighted by Crippen LogP contribution is 2.36. The smallest absolute Gasteiger partial charge is 0.325 e. The van der Waals surface area contributed by atoms with Crippen LogP contribution < -0.4 is 5.32 Å². The van der Waals surface area contributed by atoms with Crippen LogP contribution in [0.2, 0.25) is 0 Å². The molecule has 7 nitrogen and oxygen atoms in total. The Hall–Kier alpha value is -1.63. The molecular weight excluding hydrogens is 310 g/mol. The Bertz CT molecular complexity index is 532. The van der Waals surface area contributed by atoms with Crippen LogP contribution >= 0.6 is 0 Å². The van der Waals surface area contributed by atoms with Gasteiger partial charge < -0.3 is 15.0 Å². The molecule has 3 fully saturated rings. The van der Waals surface area contributed by atoms with Crippen LogP contribution in [0, 0.1) is 5.92 Å². The minimum Gasteiger partial charge on any atom is -0.372 e. The first-order chi connectivity index (χ1) is 11.3. The Balaban J connectivity index is 1.65. The van der Waals surface area contributed by atoms with Crippen molar-refractivity contribution in [2.24, 2.45) is 5.92 Å². The Morgan fingerprint density at radius 3 is 2.33 bits per heavy atom. The molecule has 1 N–H and O–H groups in total. The lowest BCUT2D eigenvalue weighted by Crippen LogP contribution is -2.52. The molecule has 0 aromatic rings. The number of carbonyl (C=O) groups is 3. The lowest BCUT2D eigenvalue weighted by atomic mass is 9.77. The highest BCUT2D eigenvalue weighted by molar-refractivity contribution is 6.09. The summed E-state index contributed by atoms with van der Waals surface area (Å²) < 4.78 is 5.63. The fourth-order valence-electron chi connectivity index (χ4n) is 4.03. The minimum absolute atomic E-state index is 0.0352.